The number of amides is 2. The molecule has 1 aromatic carbocycles. The highest BCUT2D eigenvalue weighted by molar-refractivity contribution is 5.93. The van der Waals surface area contributed by atoms with Gasteiger partial charge in [-0.3, -0.25) is 9.59 Å². The van der Waals surface area contributed by atoms with Crippen LogP contribution in [0.15, 0.2) is 41.0 Å². The first-order valence-corrected chi connectivity index (χ1v) is 8.79. The lowest BCUT2D eigenvalue weighted by Gasteiger charge is -2.34. The highest BCUT2D eigenvalue weighted by Crippen LogP contribution is 2.32. The summed E-state index contributed by atoms with van der Waals surface area (Å²) in [6.07, 6.45) is 1.45. The van der Waals surface area contributed by atoms with Crippen molar-refractivity contribution in [3.8, 4) is 11.5 Å². The molecule has 0 N–H and O–H groups in total. The molecule has 3 heterocycles. The van der Waals surface area contributed by atoms with Crippen LogP contribution in [0.3, 0.4) is 0 Å². The van der Waals surface area contributed by atoms with E-state index >= 15 is 0 Å². The minimum absolute atomic E-state index is 0.112. The Hall–Kier alpha value is -3.49. The molecular formula is C19H18N2O7. The summed E-state index contributed by atoms with van der Waals surface area (Å²) in [6.45, 7) is 1.27. The number of hydrogen-bond acceptors (Lipinski definition) is 7. The van der Waals surface area contributed by atoms with Gasteiger partial charge in [-0.05, 0) is 30.3 Å². The maximum absolute atomic E-state index is 12.3. The summed E-state index contributed by atoms with van der Waals surface area (Å²) in [6, 6.07) is 7.96. The molecule has 9 heteroatoms. The first-order valence-electron chi connectivity index (χ1n) is 8.79. The van der Waals surface area contributed by atoms with Gasteiger partial charge in [-0.15, -0.1) is 0 Å². The molecule has 1 fully saturated rings. The van der Waals surface area contributed by atoms with E-state index in [2.05, 4.69) is 0 Å². The second kappa shape index (κ2) is 7.63. The van der Waals surface area contributed by atoms with Crippen LogP contribution in [0.1, 0.15) is 20.9 Å². The van der Waals surface area contributed by atoms with Crippen LogP contribution < -0.4 is 9.47 Å². The number of nitrogens with zero attached hydrogens (tertiary/aromatic N) is 2. The third kappa shape index (κ3) is 3.64. The van der Waals surface area contributed by atoms with Crippen LogP contribution in [-0.2, 0) is 9.53 Å². The van der Waals surface area contributed by atoms with Gasteiger partial charge in [0, 0.05) is 26.2 Å². The monoisotopic (exact) mass is 386 g/mol. The largest absolute Gasteiger partial charge is 0.459 e. The van der Waals surface area contributed by atoms with E-state index in [-0.39, 0.29) is 36.5 Å². The Morgan fingerprint density at radius 3 is 2.46 bits per heavy atom. The number of benzene rings is 1. The van der Waals surface area contributed by atoms with E-state index in [0.29, 0.717) is 37.7 Å². The van der Waals surface area contributed by atoms with Crippen molar-refractivity contribution in [1.29, 1.82) is 0 Å². The molecular weight excluding hydrogens is 368 g/mol. The van der Waals surface area contributed by atoms with Crippen molar-refractivity contribution < 1.29 is 33.0 Å². The van der Waals surface area contributed by atoms with E-state index in [4.69, 9.17) is 18.6 Å². The first kappa shape index (κ1) is 17.9. The van der Waals surface area contributed by atoms with Crippen molar-refractivity contribution in [3.05, 3.63) is 47.9 Å². The molecule has 9 nitrogen and oxygen atoms in total. The topological polar surface area (TPSA) is 98.5 Å². The van der Waals surface area contributed by atoms with Crippen molar-refractivity contribution in [2.24, 2.45) is 0 Å². The second-order valence-electron chi connectivity index (χ2n) is 6.29. The molecule has 0 aliphatic carbocycles. The molecule has 28 heavy (non-hydrogen) atoms. The molecule has 2 aromatic rings. The minimum atomic E-state index is -0.613. The van der Waals surface area contributed by atoms with Gasteiger partial charge < -0.3 is 28.4 Å². The Bertz CT molecular complexity index is 886. The number of rotatable bonds is 4. The Morgan fingerprint density at radius 2 is 1.71 bits per heavy atom. The van der Waals surface area contributed by atoms with E-state index in [0.717, 1.165) is 0 Å². The Balaban J connectivity index is 1.25. The number of esters is 1. The van der Waals surface area contributed by atoms with Crippen LogP contribution in [0.5, 0.6) is 11.5 Å². The number of piperazine rings is 1. The van der Waals surface area contributed by atoms with Crippen molar-refractivity contribution in [1.82, 2.24) is 9.80 Å². The molecule has 0 unspecified atom stereocenters. The number of hydrogen-bond donors (Lipinski definition) is 0. The first-order chi connectivity index (χ1) is 13.6. The maximum Gasteiger partial charge on any atom is 0.338 e. The van der Waals surface area contributed by atoms with Crippen molar-refractivity contribution in [2.75, 3.05) is 39.6 Å². The molecule has 0 bridgehead atoms. The second-order valence-corrected chi connectivity index (χ2v) is 6.29. The molecule has 4 rings (SSSR count). The smallest absolute Gasteiger partial charge is 0.338 e. The lowest BCUT2D eigenvalue weighted by atomic mass is 10.2. The van der Waals surface area contributed by atoms with E-state index in [1.54, 1.807) is 34.1 Å². The zero-order valence-corrected chi connectivity index (χ0v) is 15.0. The summed E-state index contributed by atoms with van der Waals surface area (Å²) >= 11 is 0. The van der Waals surface area contributed by atoms with Gasteiger partial charge >= 0.3 is 5.97 Å². The van der Waals surface area contributed by atoms with Crippen molar-refractivity contribution in [2.45, 2.75) is 0 Å². The molecule has 0 radical (unpaired) electrons. The van der Waals surface area contributed by atoms with Crippen LogP contribution >= 0.6 is 0 Å². The summed E-state index contributed by atoms with van der Waals surface area (Å²) in [5.41, 5.74) is 0.283. The molecule has 1 saturated heterocycles. The summed E-state index contributed by atoms with van der Waals surface area (Å²) in [5.74, 6) is 0.189. The Labute approximate surface area is 160 Å². The van der Waals surface area contributed by atoms with Gasteiger partial charge in [0.25, 0.3) is 11.8 Å². The van der Waals surface area contributed by atoms with Gasteiger partial charge in [-0.25, -0.2) is 4.79 Å². The highest BCUT2D eigenvalue weighted by Gasteiger charge is 2.26. The highest BCUT2D eigenvalue weighted by atomic mass is 16.7. The lowest BCUT2D eigenvalue weighted by Crippen LogP contribution is -2.51. The lowest BCUT2D eigenvalue weighted by molar-refractivity contribution is -0.136. The summed E-state index contributed by atoms with van der Waals surface area (Å²) in [5, 5.41) is 0. The number of furan rings is 1. The molecule has 0 saturated carbocycles. The van der Waals surface area contributed by atoms with E-state index in [1.165, 1.54) is 12.3 Å². The molecule has 2 amide bonds. The zero-order chi connectivity index (χ0) is 19.5. The number of carbonyl (C=O) groups is 3. The van der Waals surface area contributed by atoms with Crippen LogP contribution in [0.25, 0.3) is 0 Å². The van der Waals surface area contributed by atoms with Crippen LogP contribution in [0, 0.1) is 0 Å². The fraction of sp³-hybridized carbons (Fsp3) is 0.316. The predicted octanol–water partition coefficient (Wildman–Crippen LogP) is 1.15. The Morgan fingerprint density at radius 1 is 0.964 bits per heavy atom. The molecule has 2 aliphatic heterocycles. The number of ether oxygens (including phenoxy) is 3. The maximum atomic E-state index is 12.3. The van der Waals surface area contributed by atoms with E-state index in [1.807, 2.05) is 0 Å². The van der Waals surface area contributed by atoms with Gasteiger partial charge in [0.15, 0.2) is 23.9 Å². The fourth-order valence-electron chi connectivity index (χ4n) is 3.04. The number of carbonyl (C=O) groups excluding carboxylic acids is 3. The summed E-state index contributed by atoms with van der Waals surface area (Å²) in [7, 11) is 0. The average Bonchev–Trinajstić information content (AvgIpc) is 3.42. The Kier molecular flexibility index (Phi) is 4.88. The quantitative estimate of drug-likeness (QED) is 0.727. The normalized spacial score (nSPS) is 15.4. The SMILES string of the molecule is O=C(OCC(=O)N1CCN(C(=O)c2ccco2)CC1)c1ccc2c(c1)OCO2. The molecule has 0 spiro atoms. The van der Waals surface area contributed by atoms with Crippen LogP contribution in [0.2, 0.25) is 0 Å². The minimum Gasteiger partial charge on any atom is -0.459 e. The van der Waals surface area contributed by atoms with Gasteiger partial charge in [-0.2, -0.15) is 0 Å². The van der Waals surface area contributed by atoms with E-state index in [9.17, 15) is 14.4 Å². The summed E-state index contributed by atoms with van der Waals surface area (Å²) in [4.78, 5) is 39.9. The van der Waals surface area contributed by atoms with Crippen LogP contribution in [0.4, 0.5) is 0 Å². The van der Waals surface area contributed by atoms with Crippen LogP contribution in [-0.4, -0.2) is 67.2 Å². The van der Waals surface area contributed by atoms with Gasteiger partial charge in [0.05, 0.1) is 11.8 Å². The van der Waals surface area contributed by atoms with Crippen molar-refractivity contribution in [3.63, 3.8) is 0 Å². The molecule has 2 aliphatic rings. The predicted molar refractivity (Wildman–Crippen MR) is 94.0 cm³/mol. The van der Waals surface area contributed by atoms with Gasteiger partial charge in [0.2, 0.25) is 6.79 Å². The molecule has 0 atom stereocenters. The van der Waals surface area contributed by atoms with Gasteiger partial charge in [0.1, 0.15) is 0 Å². The van der Waals surface area contributed by atoms with E-state index < -0.39 is 5.97 Å². The fourth-order valence-corrected chi connectivity index (χ4v) is 3.04. The number of fused-ring (bicyclic) bond motifs is 1. The third-order valence-electron chi connectivity index (χ3n) is 4.59. The van der Waals surface area contributed by atoms with Gasteiger partial charge in [-0.1, -0.05) is 0 Å². The van der Waals surface area contributed by atoms with Crippen molar-refractivity contribution >= 4 is 17.8 Å². The molecule has 146 valence electrons. The third-order valence-corrected chi connectivity index (χ3v) is 4.59. The average molecular weight is 386 g/mol. The standard InChI is InChI=1S/C19H18N2O7/c22-17(11-26-19(24)13-3-4-14-16(10-13)28-12-27-14)20-5-7-21(8-6-20)18(23)15-2-1-9-25-15/h1-4,9-10H,5-8,11-12H2. The molecule has 1 aromatic heterocycles. The summed E-state index contributed by atoms with van der Waals surface area (Å²) < 4.78 is 20.6. The zero-order valence-electron chi connectivity index (χ0n) is 15.0.